The van der Waals surface area contributed by atoms with Crippen LogP contribution < -0.4 is 10.4 Å². The zero-order valence-corrected chi connectivity index (χ0v) is 22.4. The fourth-order valence-electron chi connectivity index (χ4n) is 5.17. The Morgan fingerprint density at radius 2 is 1.48 bits per heavy atom. The highest BCUT2D eigenvalue weighted by molar-refractivity contribution is 5.82. The van der Waals surface area contributed by atoms with Crippen LogP contribution >= 0.6 is 0 Å². The van der Waals surface area contributed by atoms with Gasteiger partial charge in [0.2, 0.25) is 5.62 Å². The summed E-state index contributed by atoms with van der Waals surface area (Å²) in [6.07, 6.45) is 2.67. The molecule has 40 heavy (non-hydrogen) atoms. The second kappa shape index (κ2) is 11.3. The minimum atomic E-state index is 0.643. The minimum Gasteiger partial charge on any atom is -0.497 e. The Hall–Kier alpha value is -5.15. The molecule has 0 fully saturated rings. The van der Waals surface area contributed by atoms with Crippen molar-refractivity contribution in [3.05, 3.63) is 143 Å². The lowest BCUT2D eigenvalue weighted by molar-refractivity contribution is 0.414. The Morgan fingerprint density at radius 1 is 0.775 bits per heavy atom. The molecule has 0 aliphatic heterocycles. The number of rotatable bonds is 8. The van der Waals surface area contributed by atoms with Crippen LogP contribution in [0.5, 0.6) is 5.75 Å². The zero-order valence-electron chi connectivity index (χ0n) is 22.4. The van der Waals surface area contributed by atoms with Gasteiger partial charge in [-0.25, -0.2) is 4.85 Å². The number of pyridine rings is 1. The lowest BCUT2D eigenvalue weighted by Gasteiger charge is -2.10. The molecule has 2 aromatic heterocycles. The standard InChI is InChI=1S/C34H29N5O/c1-35-29-16-12-26(13-17-29)23-38-31-10-3-4-11-32(31)39(24-28-8-5-7-27-9-6-21-36-33(27)28)34(38)37-22-20-25-14-18-30(40-2)19-15-25/h3-19,21H,20,22-24H2,2H3. The molecule has 0 saturated heterocycles. The first-order valence-electron chi connectivity index (χ1n) is 13.3. The largest absolute Gasteiger partial charge is 0.497 e. The Bertz CT molecular complexity index is 1890. The van der Waals surface area contributed by atoms with E-state index in [9.17, 15) is 0 Å². The maximum atomic E-state index is 7.30. The van der Waals surface area contributed by atoms with Gasteiger partial charge in [0, 0.05) is 18.1 Å². The molecule has 0 aliphatic carbocycles. The molecule has 0 radical (unpaired) electrons. The molecule has 0 aliphatic rings. The third kappa shape index (κ3) is 5.10. The van der Waals surface area contributed by atoms with Crippen LogP contribution in [0, 0.1) is 6.57 Å². The van der Waals surface area contributed by atoms with E-state index in [4.69, 9.17) is 21.3 Å². The van der Waals surface area contributed by atoms with Gasteiger partial charge in [-0.3, -0.25) is 9.98 Å². The van der Waals surface area contributed by atoms with Crippen molar-refractivity contribution in [3.63, 3.8) is 0 Å². The quantitative estimate of drug-likeness (QED) is 0.206. The predicted molar refractivity (Wildman–Crippen MR) is 160 cm³/mol. The van der Waals surface area contributed by atoms with Gasteiger partial charge in [-0.1, -0.05) is 72.8 Å². The molecule has 2 heterocycles. The van der Waals surface area contributed by atoms with Crippen LogP contribution in [0.2, 0.25) is 0 Å². The van der Waals surface area contributed by atoms with Crippen molar-refractivity contribution < 1.29 is 4.74 Å². The summed E-state index contributed by atoms with van der Waals surface area (Å²) in [5.74, 6) is 0.853. The predicted octanol–water partition coefficient (Wildman–Crippen LogP) is 6.79. The van der Waals surface area contributed by atoms with E-state index in [0.29, 0.717) is 25.3 Å². The molecule has 0 atom stereocenters. The van der Waals surface area contributed by atoms with Crippen LogP contribution in [0.15, 0.2) is 114 Å². The average molecular weight is 524 g/mol. The summed E-state index contributed by atoms with van der Waals surface area (Å²) in [4.78, 5) is 13.5. The lowest BCUT2D eigenvalue weighted by atomic mass is 10.1. The van der Waals surface area contributed by atoms with Gasteiger partial charge in [0.15, 0.2) is 5.69 Å². The second-order valence-corrected chi connectivity index (χ2v) is 9.71. The highest BCUT2D eigenvalue weighted by atomic mass is 16.5. The number of hydrogen-bond donors (Lipinski definition) is 0. The van der Waals surface area contributed by atoms with Gasteiger partial charge in [0.05, 0.1) is 43.3 Å². The molecule has 6 aromatic rings. The summed E-state index contributed by atoms with van der Waals surface area (Å²) in [6.45, 7) is 9.26. The van der Waals surface area contributed by atoms with Crippen molar-refractivity contribution in [2.24, 2.45) is 4.99 Å². The Kier molecular flexibility index (Phi) is 7.11. The summed E-state index contributed by atoms with van der Waals surface area (Å²) < 4.78 is 9.91. The normalized spacial score (nSPS) is 11.7. The summed E-state index contributed by atoms with van der Waals surface area (Å²) in [5, 5.41) is 1.13. The van der Waals surface area contributed by atoms with Crippen LogP contribution in [-0.2, 0) is 19.5 Å². The number of imidazole rings is 1. The van der Waals surface area contributed by atoms with E-state index in [-0.39, 0.29) is 0 Å². The number of nitrogens with zero attached hydrogens (tertiary/aromatic N) is 5. The van der Waals surface area contributed by atoms with Gasteiger partial charge in [0.1, 0.15) is 5.75 Å². The molecule has 6 rings (SSSR count). The van der Waals surface area contributed by atoms with E-state index >= 15 is 0 Å². The van der Waals surface area contributed by atoms with E-state index < -0.39 is 0 Å². The molecule has 0 unspecified atom stereocenters. The third-order valence-corrected chi connectivity index (χ3v) is 7.21. The highest BCUT2D eigenvalue weighted by Gasteiger charge is 2.14. The molecule has 0 spiro atoms. The summed E-state index contributed by atoms with van der Waals surface area (Å²) in [6, 6.07) is 34.9. The zero-order chi connectivity index (χ0) is 27.3. The van der Waals surface area contributed by atoms with Crippen molar-refractivity contribution in [2.45, 2.75) is 19.5 Å². The van der Waals surface area contributed by atoms with Crippen LogP contribution in [-0.4, -0.2) is 27.8 Å². The fourth-order valence-corrected chi connectivity index (χ4v) is 5.17. The molecule has 0 bridgehead atoms. The molecule has 0 N–H and O–H groups in total. The first-order valence-corrected chi connectivity index (χ1v) is 13.3. The fraction of sp³-hybridized carbons (Fsp3) is 0.147. The van der Waals surface area contributed by atoms with Crippen molar-refractivity contribution in [2.75, 3.05) is 13.7 Å². The molecule has 4 aromatic carbocycles. The molecule has 196 valence electrons. The molecule has 0 amide bonds. The van der Waals surface area contributed by atoms with E-state index in [1.54, 1.807) is 7.11 Å². The van der Waals surface area contributed by atoms with Crippen LogP contribution in [0.4, 0.5) is 5.69 Å². The van der Waals surface area contributed by atoms with Gasteiger partial charge in [0.25, 0.3) is 0 Å². The number of methoxy groups -OCH3 is 1. The summed E-state index contributed by atoms with van der Waals surface area (Å²) in [5.41, 5.74) is 8.29. The Labute approximate surface area is 233 Å². The van der Waals surface area contributed by atoms with Gasteiger partial charge < -0.3 is 13.9 Å². The lowest BCUT2D eigenvalue weighted by Crippen LogP contribution is -2.28. The van der Waals surface area contributed by atoms with E-state index in [1.807, 2.05) is 48.7 Å². The summed E-state index contributed by atoms with van der Waals surface area (Å²) in [7, 11) is 1.68. The van der Waals surface area contributed by atoms with Gasteiger partial charge in [-0.15, -0.1) is 0 Å². The van der Waals surface area contributed by atoms with Crippen molar-refractivity contribution in [3.8, 4) is 5.75 Å². The van der Waals surface area contributed by atoms with Gasteiger partial charge in [-0.2, -0.15) is 0 Å². The van der Waals surface area contributed by atoms with Gasteiger partial charge >= 0.3 is 0 Å². The first kappa shape index (κ1) is 25.1. The monoisotopic (exact) mass is 523 g/mol. The SMILES string of the molecule is [C-]#[N+]c1ccc(Cn2c(=NCCc3ccc(OC)cc3)n(Cc3cccc4cccnc34)c3ccccc32)cc1. The molecule has 6 heteroatoms. The van der Waals surface area contributed by atoms with E-state index in [0.717, 1.165) is 50.9 Å². The molecular weight excluding hydrogens is 494 g/mol. The van der Waals surface area contributed by atoms with Crippen LogP contribution in [0.25, 0.3) is 26.8 Å². The summed E-state index contributed by atoms with van der Waals surface area (Å²) >= 11 is 0. The van der Waals surface area contributed by atoms with Crippen LogP contribution in [0.1, 0.15) is 16.7 Å². The molecular formula is C34H29N5O. The number of para-hydroxylation sites is 3. The average Bonchev–Trinajstić information content (AvgIpc) is 3.29. The first-order chi connectivity index (χ1) is 19.7. The van der Waals surface area contributed by atoms with Crippen molar-refractivity contribution in [1.82, 2.24) is 14.1 Å². The number of hydrogen-bond acceptors (Lipinski definition) is 3. The van der Waals surface area contributed by atoms with Crippen molar-refractivity contribution >= 4 is 27.6 Å². The topological polar surface area (TPSA) is 48.7 Å². The maximum Gasteiger partial charge on any atom is 0.206 e. The van der Waals surface area contributed by atoms with Gasteiger partial charge in [-0.05, 0) is 53.4 Å². The molecule has 6 nitrogen and oxygen atoms in total. The number of benzene rings is 4. The maximum absolute atomic E-state index is 7.30. The van der Waals surface area contributed by atoms with Crippen molar-refractivity contribution in [1.29, 1.82) is 0 Å². The highest BCUT2D eigenvalue weighted by Crippen LogP contribution is 2.21. The number of fused-ring (bicyclic) bond motifs is 2. The van der Waals surface area contributed by atoms with E-state index in [2.05, 4.69) is 74.6 Å². The third-order valence-electron chi connectivity index (χ3n) is 7.21. The second-order valence-electron chi connectivity index (χ2n) is 9.71. The Balaban J connectivity index is 1.46. The Morgan fingerprint density at radius 3 is 2.20 bits per heavy atom. The minimum absolute atomic E-state index is 0.643. The number of ether oxygens (including phenoxy) is 1. The smallest absolute Gasteiger partial charge is 0.206 e. The molecule has 0 saturated carbocycles. The number of aromatic nitrogens is 3. The van der Waals surface area contributed by atoms with Crippen LogP contribution in [0.3, 0.4) is 0 Å². The van der Waals surface area contributed by atoms with E-state index in [1.165, 1.54) is 5.56 Å².